The minimum absolute atomic E-state index is 0.0751. The maximum Gasteiger partial charge on any atom is 0.261 e. The van der Waals surface area contributed by atoms with Crippen LogP contribution in [0.2, 0.25) is 5.02 Å². The molecule has 1 aromatic heterocycles. The number of benzene rings is 2. The van der Waals surface area contributed by atoms with Gasteiger partial charge in [0.25, 0.3) is 10.0 Å². The van der Waals surface area contributed by atoms with Crippen molar-refractivity contribution in [1.29, 1.82) is 0 Å². The van der Waals surface area contributed by atoms with Crippen molar-refractivity contribution in [3.8, 4) is 0 Å². The van der Waals surface area contributed by atoms with Crippen LogP contribution in [0.15, 0.2) is 84.0 Å². The third-order valence-electron chi connectivity index (χ3n) is 3.64. The summed E-state index contributed by atoms with van der Waals surface area (Å²) < 4.78 is 27.2. The highest BCUT2D eigenvalue weighted by atomic mass is 35.5. The molecule has 28 heavy (non-hydrogen) atoms. The van der Waals surface area contributed by atoms with Crippen LogP contribution in [0.25, 0.3) is 6.08 Å². The second-order valence-corrected chi connectivity index (χ2v) is 7.86. The molecule has 0 spiro atoms. The Labute approximate surface area is 167 Å². The van der Waals surface area contributed by atoms with E-state index in [0.29, 0.717) is 16.4 Å². The van der Waals surface area contributed by atoms with E-state index in [2.05, 4.69) is 15.0 Å². The van der Waals surface area contributed by atoms with Crippen LogP contribution in [-0.2, 0) is 14.8 Å². The third kappa shape index (κ3) is 5.42. The quantitative estimate of drug-likeness (QED) is 0.593. The van der Waals surface area contributed by atoms with E-state index in [9.17, 15) is 13.2 Å². The lowest BCUT2D eigenvalue weighted by Gasteiger charge is -2.08. The predicted octanol–water partition coefficient (Wildman–Crippen LogP) is 4.19. The van der Waals surface area contributed by atoms with Crippen molar-refractivity contribution in [1.82, 2.24) is 4.98 Å². The lowest BCUT2D eigenvalue weighted by atomic mass is 10.2. The number of pyridine rings is 1. The number of aromatic nitrogens is 1. The first kappa shape index (κ1) is 19.6. The Kier molecular flexibility index (Phi) is 6.08. The van der Waals surface area contributed by atoms with Gasteiger partial charge in [-0.05, 0) is 60.2 Å². The number of carbonyl (C=O) groups excluding carboxylic acids is 1. The molecule has 142 valence electrons. The second kappa shape index (κ2) is 8.69. The molecule has 3 aromatic rings. The first-order valence-corrected chi connectivity index (χ1v) is 10.1. The Morgan fingerprint density at radius 2 is 1.68 bits per heavy atom. The first-order valence-electron chi connectivity index (χ1n) is 8.20. The van der Waals surface area contributed by atoms with E-state index in [4.69, 9.17) is 11.6 Å². The van der Waals surface area contributed by atoms with Crippen LogP contribution in [0.5, 0.6) is 0 Å². The first-order chi connectivity index (χ1) is 13.4. The predicted molar refractivity (Wildman–Crippen MR) is 111 cm³/mol. The van der Waals surface area contributed by atoms with E-state index < -0.39 is 10.0 Å². The molecule has 0 atom stereocenters. The number of rotatable bonds is 6. The maximum atomic E-state index is 12.4. The third-order valence-corrected chi connectivity index (χ3v) is 5.29. The van der Waals surface area contributed by atoms with Gasteiger partial charge in [-0.2, -0.15) is 0 Å². The molecule has 6 nitrogen and oxygen atoms in total. The summed E-state index contributed by atoms with van der Waals surface area (Å²) in [7, 11) is -3.74. The lowest BCUT2D eigenvalue weighted by molar-refractivity contribution is -0.111. The normalized spacial score (nSPS) is 11.3. The van der Waals surface area contributed by atoms with Gasteiger partial charge in [-0.25, -0.2) is 8.42 Å². The van der Waals surface area contributed by atoms with Crippen molar-refractivity contribution < 1.29 is 13.2 Å². The molecule has 3 rings (SSSR count). The van der Waals surface area contributed by atoms with E-state index in [0.717, 1.165) is 5.56 Å². The summed E-state index contributed by atoms with van der Waals surface area (Å²) in [4.78, 5) is 16.0. The van der Waals surface area contributed by atoms with Gasteiger partial charge in [-0.1, -0.05) is 23.7 Å². The fraction of sp³-hybridized carbons (Fsp3) is 0. The number of carbonyl (C=O) groups is 1. The molecule has 1 heterocycles. The molecule has 0 saturated carbocycles. The minimum Gasteiger partial charge on any atom is -0.323 e. The van der Waals surface area contributed by atoms with Crippen molar-refractivity contribution in [2.45, 2.75) is 4.90 Å². The van der Waals surface area contributed by atoms with Gasteiger partial charge in [0.1, 0.15) is 0 Å². The van der Waals surface area contributed by atoms with E-state index in [1.807, 2.05) is 0 Å². The van der Waals surface area contributed by atoms with Gasteiger partial charge in [0.2, 0.25) is 5.91 Å². The SMILES string of the molecule is O=C(/C=C/c1ccc(Cl)cc1)Nc1ccc(S(=O)(=O)Nc2cccnc2)cc1. The van der Waals surface area contributed by atoms with Crippen LogP contribution in [-0.4, -0.2) is 19.3 Å². The van der Waals surface area contributed by atoms with Gasteiger partial charge < -0.3 is 5.32 Å². The van der Waals surface area contributed by atoms with E-state index in [1.54, 1.807) is 48.7 Å². The number of hydrogen-bond acceptors (Lipinski definition) is 4. The summed E-state index contributed by atoms with van der Waals surface area (Å²) in [5.41, 5.74) is 1.68. The summed E-state index contributed by atoms with van der Waals surface area (Å²) in [5, 5.41) is 3.29. The van der Waals surface area contributed by atoms with E-state index in [-0.39, 0.29) is 10.8 Å². The number of nitrogens with one attached hydrogen (secondary N) is 2. The summed E-state index contributed by atoms with van der Waals surface area (Å²) in [6.45, 7) is 0. The molecule has 0 unspecified atom stereocenters. The number of halogens is 1. The van der Waals surface area contributed by atoms with Crippen molar-refractivity contribution >= 4 is 45.0 Å². The molecule has 0 saturated heterocycles. The topological polar surface area (TPSA) is 88.2 Å². The zero-order valence-electron chi connectivity index (χ0n) is 14.5. The molecular formula is C20H16ClN3O3S. The Morgan fingerprint density at radius 1 is 0.964 bits per heavy atom. The fourth-order valence-electron chi connectivity index (χ4n) is 2.28. The van der Waals surface area contributed by atoms with Crippen LogP contribution >= 0.6 is 11.6 Å². The Bertz CT molecular complexity index is 1080. The molecular weight excluding hydrogens is 398 g/mol. The van der Waals surface area contributed by atoms with Crippen molar-refractivity contribution in [3.63, 3.8) is 0 Å². The molecule has 0 radical (unpaired) electrons. The summed E-state index contributed by atoms with van der Waals surface area (Å²) >= 11 is 5.82. The highest BCUT2D eigenvalue weighted by Crippen LogP contribution is 2.18. The molecule has 0 aliphatic heterocycles. The highest BCUT2D eigenvalue weighted by molar-refractivity contribution is 7.92. The molecule has 8 heteroatoms. The Morgan fingerprint density at radius 3 is 2.32 bits per heavy atom. The minimum atomic E-state index is -3.74. The zero-order chi connectivity index (χ0) is 20.0. The number of amides is 1. The monoisotopic (exact) mass is 413 g/mol. The largest absolute Gasteiger partial charge is 0.323 e. The van der Waals surface area contributed by atoms with E-state index >= 15 is 0 Å². The van der Waals surface area contributed by atoms with Crippen LogP contribution in [0, 0.1) is 0 Å². The van der Waals surface area contributed by atoms with Crippen LogP contribution in [0.1, 0.15) is 5.56 Å². The molecule has 0 aliphatic rings. The lowest BCUT2D eigenvalue weighted by Crippen LogP contribution is -2.13. The average molecular weight is 414 g/mol. The molecule has 0 fully saturated rings. The fourth-order valence-corrected chi connectivity index (χ4v) is 3.45. The Balaban J connectivity index is 1.63. The maximum absolute atomic E-state index is 12.4. The average Bonchev–Trinajstić information content (AvgIpc) is 2.68. The molecule has 0 bridgehead atoms. The van der Waals surface area contributed by atoms with Gasteiger partial charge in [-0.15, -0.1) is 0 Å². The van der Waals surface area contributed by atoms with Gasteiger partial charge >= 0.3 is 0 Å². The summed E-state index contributed by atoms with van der Waals surface area (Å²) in [6, 6.07) is 16.2. The highest BCUT2D eigenvalue weighted by Gasteiger charge is 2.14. The van der Waals surface area contributed by atoms with E-state index in [1.165, 1.54) is 36.5 Å². The van der Waals surface area contributed by atoms with Gasteiger partial charge in [0, 0.05) is 23.0 Å². The van der Waals surface area contributed by atoms with Crippen molar-refractivity contribution in [2.24, 2.45) is 0 Å². The molecule has 0 aliphatic carbocycles. The van der Waals surface area contributed by atoms with Crippen LogP contribution in [0.3, 0.4) is 0 Å². The number of nitrogens with zero attached hydrogens (tertiary/aromatic N) is 1. The van der Waals surface area contributed by atoms with Crippen molar-refractivity contribution in [2.75, 3.05) is 10.0 Å². The van der Waals surface area contributed by atoms with Crippen LogP contribution < -0.4 is 10.0 Å². The number of sulfonamides is 1. The second-order valence-electron chi connectivity index (χ2n) is 5.75. The summed E-state index contributed by atoms with van der Waals surface area (Å²) in [5.74, 6) is -0.334. The number of hydrogen-bond donors (Lipinski definition) is 2. The molecule has 2 aromatic carbocycles. The van der Waals surface area contributed by atoms with Gasteiger partial charge in [-0.3, -0.25) is 14.5 Å². The Hall–Kier alpha value is -3.16. The van der Waals surface area contributed by atoms with Crippen molar-refractivity contribution in [3.05, 3.63) is 89.7 Å². The standard InChI is InChI=1S/C20H16ClN3O3S/c21-16-6-3-15(4-7-16)5-12-20(25)23-17-8-10-19(11-9-17)28(26,27)24-18-2-1-13-22-14-18/h1-14,24H,(H,23,25)/b12-5+. The van der Waals surface area contributed by atoms with Gasteiger partial charge in [0.05, 0.1) is 16.8 Å². The van der Waals surface area contributed by atoms with Gasteiger partial charge in [0.15, 0.2) is 0 Å². The summed E-state index contributed by atoms with van der Waals surface area (Å²) in [6.07, 6.45) is 6.01. The smallest absolute Gasteiger partial charge is 0.261 e. The molecule has 1 amide bonds. The van der Waals surface area contributed by atoms with Crippen LogP contribution in [0.4, 0.5) is 11.4 Å². The number of anilines is 2. The zero-order valence-corrected chi connectivity index (χ0v) is 16.1. The molecule has 2 N–H and O–H groups in total.